The summed E-state index contributed by atoms with van der Waals surface area (Å²) in [5.41, 5.74) is 0. The average molecular weight is 211 g/mol. The maximum atomic E-state index is 5.16. The Labute approximate surface area is 90.3 Å². The predicted molar refractivity (Wildman–Crippen MR) is 62.3 cm³/mol. The van der Waals surface area contributed by atoms with Crippen LogP contribution < -0.4 is 4.74 Å². The molecular weight excluding hydrogens is 194 g/mol. The third-order valence-electron chi connectivity index (χ3n) is 1.85. The van der Waals surface area contributed by atoms with Crippen LogP contribution in [0.25, 0.3) is 0 Å². The largest absolute Gasteiger partial charge is 0.497 e. The Kier molecular flexibility index (Phi) is 4.84. The van der Waals surface area contributed by atoms with Crippen molar-refractivity contribution in [2.45, 2.75) is 4.90 Å². The number of nitrogens with zero attached hydrogens (tertiary/aromatic N) is 1. The Balaban J connectivity index is 2.42. The molecule has 0 amide bonds. The lowest BCUT2D eigenvalue weighted by atomic mass is 10.3. The van der Waals surface area contributed by atoms with Gasteiger partial charge in [0.2, 0.25) is 0 Å². The van der Waals surface area contributed by atoms with Crippen LogP contribution in [0.15, 0.2) is 29.2 Å². The molecule has 1 aromatic carbocycles. The van der Waals surface area contributed by atoms with E-state index in [9.17, 15) is 0 Å². The van der Waals surface area contributed by atoms with Gasteiger partial charge in [-0.25, -0.2) is 0 Å². The summed E-state index contributed by atoms with van der Waals surface area (Å²) >= 11 is 1.86. The third-order valence-corrected chi connectivity index (χ3v) is 2.82. The number of ether oxygens (including phenoxy) is 1. The highest BCUT2D eigenvalue weighted by molar-refractivity contribution is 7.99. The first-order chi connectivity index (χ1) is 6.72. The van der Waals surface area contributed by atoms with E-state index in [1.165, 1.54) is 4.90 Å². The van der Waals surface area contributed by atoms with Gasteiger partial charge in [0.1, 0.15) is 5.75 Å². The number of benzene rings is 1. The molecule has 2 nitrogen and oxygen atoms in total. The number of methoxy groups -OCH3 is 1. The third kappa shape index (κ3) is 4.03. The van der Waals surface area contributed by atoms with E-state index in [-0.39, 0.29) is 0 Å². The topological polar surface area (TPSA) is 12.5 Å². The summed E-state index contributed by atoms with van der Waals surface area (Å²) in [5.74, 6) is 2.04. The Morgan fingerprint density at radius 2 is 2.14 bits per heavy atom. The smallest absolute Gasteiger partial charge is 0.119 e. The highest BCUT2D eigenvalue weighted by Crippen LogP contribution is 2.22. The molecule has 3 heteroatoms. The van der Waals surface area contributed by atoms with Gasteiger partial charge in [0.15, 0.2) is 0 Å². The van der Waals surface area contributed by atoms with Crippen molar-refractivity contribution in [3.63, 3.8) is 0 Å². The van der Waals surface area contributed by atoms with Gasteiger partial charge in [-0.15, -0.1) is 11.8 Å². The highest BCUT2D eigenvalue weighted by Gasteiger charge is 1.97. The van der Waals surface area contributed by atoms with Crippen LogP contribution in [0.1, 0.15) is 0 Å². The van der Waals surface area contributed by atoms with Crippen molar-refractivity contribution in [1.29, 1.82) is 0 Å². The minimum absolute atomic E-state index is 0.930. The van der Waals surface area contributed by atoms with Gasteiger partial charge in [0.25, 0.3) is 0 Å². The molecule has 0 unspecified atom stereocenters. The number of rotatable bonds is 5. The molecule has 14 heavy (non-hydrogen) atoms. The first-order valence-corrected chi connectivity index (χ1v) is 5.62. The molecule has 0 heterocycles. The molecule has 0 fully saturated rings. The molecule has 0 aliphatic rings. The zero-order chi connectivity index (χ0) is 10.4. The Morgan fingerprint density at radius 1 is 1.36 bits per heavy atom. The quantitative estimate of drug-likeness (QED) is 0.694. The fraction of sp³-hybridized carbons (Fsp3) is 0.455. The molecule has 0 saturated carbocycles. The zero-order valence-electron chi connectivity index (χ0n) is 8.99. The van der Waals surface area contributed by atoms with E-state index in [0.717, 1.165) is 18.0 Å². The molecule has 0 saturated heterocycles. The van der Waals surface area contributed by atoms with Crippen LogP contribution in [-0.2, 0) is 0 Å². The normalized spacial score (nSPS) is 10.6. The molecule has 0 radical (unpaired) electrons. The second-order valence-corrected chi connectivity index (χ2v) is 4.50. The Bertz CT molecular complexity index is 276. The summed E-state index contributed by atoms with van der Waals surface area (Å²) in [4.78, 5) is 3.46. The van der Waals surface area contributed by atoms with Crippen molar-refractivity contribution in [1.82, 2.24) is 4.90 Å². The lowest BCUT2D eigenvalue weighted by Gasteiger charge is -2.09. The summed E-state index contributed by atoms with van der Waals surface area (Å²) in [7, 11) is 5.88. The van der Waals surface area contributed by atoms with Gasteiger partial charge in [-0.05, 0) is 32.3 Å². The maximum absolute atomic E-state index is 5.16. The van der Waals surface area contributed by atoms with Gasteiger partial charge >= 0.3 is 0 Å². The second-order valence-electron chi connectivity index (χ2n) is 3.33. The fourth-order valence-electron chi connectivity index (χ4n) is 1.04. The van der Waals surface area contributed by atoms with Crippen molar-refractivity contribution in [3.8, 4) is 5.75 Å². The predicted octanol–water partition coefficient (Wildman–Crippen LogP) is 2.35. The molecule has 0 aliphatic heterocycles. The van der Waals surface area contributed by atoms with Crippen LogP contribution in [0.3, 0.4) is 0 Å². The summed E-state index contributed by atoms with van der Waals surface area (Å²) in [6, 6.07) is 8.18. The molecule has 0 aromatic heterocycles. The first kappa shape index (κ1) is 11.4. The van der Waals surface area contributed by atoms with E-state index in [4.69, 9.17) is 4.74 Å². The van der Waals surface area contributed by atoms with E-state index in [1.54, 1.807) is 7.11 Å². The van der Waals surface area contributed by atoms with Crippen LogP contribution in [-0.4, -0.2) is 38.4 Å². The molecule has 0 aliphatic carbocycles. The van der Waals surface area contributed by atoms with E-state index >= 15 is 0 Å². The van der Waals surface area contributed by atoms with Gasteiger partial charge in [-0.2, -0.15) is 0 Å². The van der Waals surface area contributed by atoms with Crippen LogP contribution in [0.5, 0.6) is 5.75 Å². The molecule has 0 atom stereocenters. The molecule has 1 aromatic rings. The number of thioether (sulfide) groups is 1. The minimum atomic E-state index is 0.930. The van der Waals surface area contributed by atoms with Crippen molar-refractivity contribution in [2.24, 2.45) is 0 Å². The van der Waals surface area contributed by atoms with E-state index in [0.29, 0.717) is 0 Å². The second kappa shape index (κ2) is 5.94. The van der Waals surface area contributed by atoms with Crippen LogP contribution in [0.2, 0.25) is 0 Å². The van der Waals surface area contributed by atoms with Crippen LogP contribution in [0, 0.1) is 0 Å². The number of hydrogen-bond acceptors (Lipinski definition) is 3. The van der Waals surface area contributed by atoms with Gasteiger partial charge in [0.05, 0.1) is 7.11 Å². The average Bonchev–Trinajstić information content (AvgIpc) is 2.18. The van der Waals surface area contributed by atoms with Gasteiger partial charge in [-0.3, -0.25) is 0 Å². The monoisotopic (exact) mass is 211 g/mol. The number of hydrogen-bond donors (Lipinski definition) is 0. The van der Waals surface area contributed by atoms with Crippen LogP contribution in [0.4, 0.5) is 0 Å². The molecule has 0 bridgehead atoms. The SMILES string of the molecule is COc1cccc(SCCN(C)C)c1. The van der Waals surface area contributed by atoms with Crippen LogP contribution >= 0.6 is 11.8 Å². The van der Waals surface area contributed by atoms with Crippen molar-refractivity contribution < 1.29 is 4.74 Å². The first-order valence-electron chi connectivity index (χ1n) is 4.64. The lowest BCUT2D eigenvalue weighted by molar-refractivity contribution is 0.413. The summed E-state index contributed by atoms with van der Waals surface area (Å²) in [6.45, 7) is 1.10. The summed E-state index contributed by atoms with van der Waals surface area (Å²) < 4.78 is 5.16. The minimum Gasteiger partial charge on any atom is -0.497 e. The lowest BCUT2D eigenvalue weighted by Crippen LogP contribution is -2.14. The Hall–Kier alpha value is -0.670. The van der Waals surface area contributed by atoms with Crippen molar-refractivity contribution in [3.05, 3.63) is 24.3 Å². The van der Waals surface area contributed by atoms with Gasteiger partial charge in [-0.1, -0.05) is 6.07 Å². The molecule has 0 spiro atoms. The summed E-state index contributed by atoms with van der Waals surface area (Å²) in [5, 5.41) is 0. The zero-order valence-corrected chi connectivity index (χ0v) is 9.80. The molecule has 78 valence electrons. The van der Waals surface area contributed by atoms with E-state index < -0.39 is 0 Å². The molecule has 0 N–H and O–H groups in total. The van der Waals surface area contributed by atoms with Gasteiger partial charge < -0.3 is 9.64 Å². The van der Waals surface area contributed by atoms with E-state index in [1.807, 2.05) is 23.9 Å². The molecular formula is C11H17NOS. The standard InChI is InChI=1S/C11H17NOS/c1-12(2)7-8-14-11-6-4-5-10(9-11)13-3/h4-6,9H,7-8H2,1-3H3. The van der Waals surface area contributed by atoms with Gasteiger partial charge in [0, 0.05) is 17.2 Å². The highest BCUT2D eigenvalue weighted by atomic mass is 32.2. The van der Waals surface area contributed by atoms with Crippen molar-refractivity contribution in [2.75, 3.05) is 33.5 Å². The fourth-order valence-corrected chi connectivity index (χ4v) is 2.10. The maximum Gasteiger partial charge on any atom is 0.119 e. The van der Waals surface area contributed by atoms with Crippen molar-refractivity contribution >= 4 is 11.8 Å². The summed E-state index contributed by atoms with van der Waals surface area (Å²) in [6.07, 6.45) is 0. The van der Waals surface area contributed by atoms with E-state index in [2.05, 4.69) is 31.1 Å². The Morgan fingerprint density at radius 3 is 2.79 bits per heavy atom. The molecule has 1 rings (SSSR count).